The predicted molar refractivity (Wildman–Crippen MR) is 157 cm³/mol. The van der Waals surface area contributed by atoms with Crippen LogP contribution in [0.3, 0.4) is 0 Å². The van der Waals surface area contributed by atoms with Crippen molar-refractivity contribution in [3.63, 3.8) is 0 Å². The fourth-order valence-corrected chi connectivity index (χ4v) is 2.71. The Kier molecular flexibility index (Phi) is 20.4. The van der Waals surface area contributed by atoms with E-state index in [0.29, 0.717) is 17.7 Å². The summed E-state index contributed by atoms with van der Waals surface area (Å²) in [7, 11) is 0. The first-order valence-electron chi connectivity index (χ1n) is 12.6. The van der Waals surface area contributed by atoms with Crippen molar-refractivity contribution in [2.24, 2.45) is 16.8 Å². The van der Waals surface area contributed by atoms with Crippen molar-refractivity contribution < 1.29 is 13.6 Å². The molecular formula is C28H45F2N7O. The zero-order valence-electron chi connectivity index (χ0n) is 24.0. The second-order valence-electron chi connectivity index (χ2n) is 7.54. The highest BCUT2D eigenvalue weighted by Gasteiger charge is 2.18. The van der Waals surface area contributed by atoms with Crippen LogP contribution in [0.4, 0.5) is 20.3 Å². The zero-order chi connectivity index (χ0) is 29.7. The number of nitrogens with zero attached hydrogens (tertiary/aromatic N) is 3. The maximum atomic E-state index is 13.6. The van der Waals surface area contributed by atoms with Gasteiger partial charge in [0.25, 0.3) is 0 Å². The highest BCUT2D eigenvalue weighted by molar-refractivity contribution is 6.03. The van der Waals surface area contributed by atoms with Crippen molar-refractivity contribution in [2.45, 2.75) is 68.2 Å². The number of carbonyl (C=O) groups excluding carboxylic acids is 1. The minimum atomic E-state index is -1.06. The Bertz CT molecular complexity index is 1050. The van der Waals surface area contributed by atoms with Gasteiger partial charge in [0.2, 0.25) is 6.41 Å². The largest absolute Gasteiger partial charge is 0.383 e. The molecule has 1 aromatic heterocycles. The van der Waals surface area contributed by atoms with Crippen molar-refractivity contribution in [2.75, 3.05) is 17.6 Å². The lowest BCUT2D eigenvalue weighted by Gasteiger charge is -2.20. The van der Waals surface area contributed by atoms with Gasteiger partial charge in [0.1, 0.15) is 11.6 Å². The Morgan fingerprint density at radius 1 is 1.11 bits per heavy atom. The second-order valence-corrected chi connectivity index (χ2v) is 7.54. The lowest BCUT2D eigenvalue weighted by atomic mass is 10.0. The van der Waals surface area contributed by atoms with Gasteiger partial charge in [-0.25, -0.2) is 19.6 Å². The molecule has 38 heavy (non-hydrogen) atoms. The monoisotopic (exact) mass is 533 g/mol. The highest BCUT2D eigenvalue weighted by atomic mass is 19.2. The number of anilines is 2. The van der Waals surface area contributed by atoms with Gasteiger partial charge >= 0.3 is 0 Å². The predicted octanol–water partition coefficient (Wildman–Crippen LogP) is 6.45. The van der Waals surface area contributed by atoms with E-state index in [4.69, 9.17) is 17.4 Å². The molecule has 0 unspecified atom stereocenters. The van der Waals surface area contributed by atoms with Gasteiger partial charge in [-0.3, -0.25) is 9.80 Å². The molecule has 0 aliphatic heterocycles. The molecule has 0 aliphatic rings. The number of hydrazone groups is 1. The maximum Gasteiger partial charge on any atom is 0.211 e. The normalized spacial score (nSPS) is 11.1. The van der Waals surface area contributed by atoms with Crippen LogP contribution in [0.25, 0.3) is 11.1 Å². The van der Waals surface area contributed by atoms with Crippen molar-refractivity contribution >= 4 is 23.8 Å². The number of aromatic nitrogens is 1. The summed E-state index contributed by atoms with van der Waals surface area (Å²) in [4.78, 5) is 15.0. The van der Waals surface area contributed by atoms with Crippen LogP contribution in [0, 0.1) is 0 Å². The minimum absolute atomic E-state index is 0.0613. The Hall–Kier alpha value is -3.79. The number of hydrazine groups is 1. The zero-order valence-corrected chi connectivity index (χ0v) is 24.0. The molecule has 0 bridgehead atoms. The standard InChI is InChI=1S/C19H23F2N7O.C4H8.C3H8.C2H6/c1-3-12-4-5-13(7-17(12)26-10-29)14-6-15(18(22)25-8-14)19(27-23)28(24)9-16(21)11(2)20;1-3-4-2;1-3-2;1-2/h4-8,10H,3,9,23-24H2,1-2H3,(H2,22,25)(H,26,29);3-4H,1-2H3;3H2,1-2H3;1-2H3/b16-11-,27-19-;4-3-;;. The number of nitrogens with one attached hydrogen (secondary N) is 1. The highest BCUT2D eigenvalue weighted by Crippen LogP contribution is 2.28. The Labute approximate surface area is 226 Å². The summed E-state index contributed by atoms with van der Waals surface area (Å²) in [6, 6.07) is 7.16. The molecule has 212 valence electrons. The quantitative estimate of drug-likeness (QED) is 0.0806. The van der Waals surface area contributed by atoms with Crippen LogP contribution in [0.2, 0.25) is 0 Å². The molecule has 0 fully saturated rings. The Morgan fingerprint density at radius 3 is 2.13 bits per heavy atom. The van der Waals surface area contributed by atoms with E-state index in [9.17, 15) is 13.6 Å². The number of allylic oxidation sites excluding steroid dienone is 3. The SMILES string of the molecule is C/C=C\C.CC.CCC.CCc1ccc(-c2cnc(N)c(/C(=N/N)N(N)C/C(F)=C(\C)F)c2)cc1NC=O. The van der Waals surface area contributed by atoms with Gasteiger partial charge in [0, 0.05) is 17.4 Å². The first-order chi connectivity index (χ1) is 18.1. The molecule has 2 rings (SSSR count). The summed E-state index contributed by atoms with van der Waals surface area (Å²) in [5.41, 5.74) is 9.18. The van der Waals surface area contributed by atoms with E-state index in [1.807, 2.05) is 58.9 Å². The van der Waals surface area contributed by atoms with Crippen LogP contribution in [-0.2, 0) is 11.2 Å². The van der Waals surface area contributed by atoms with Gasteiger partial charge in [0.05, 0.1) is 12.1 Å². The third kappa shape index (κ3) is 12.4. The number of nitrogens with two attached hydrogens (primary N) is 3. The van der Waals surface area contributed by atoms with Gasteiger partial charge in [0.15, 0.2) is 11.7 Å². The average molecular weight is 534 g/mol. The molecule has 8 nitrogen and oxygen atoms in total. The van der Waals surface area contributed by atoms with E-state index in [1.54, 1.807) is 12.1 Å². The summed E-state index contributed by atoms with van der Waals surface area (Å²) >= 11 is 0. The smallest absolute Gasteiger partial charge is 0.211 e. The number of hydrogen-bond acceptors (Lipinski definition) is 6. The molecule has 0 atom stereocenters. The fourth-order valence-electron chi connectivity index (χ4n) is 2.71. The number of halogens is 2. The lowest BCUT2D eigenvalue weighted by molar-refractivity contribution is -0.105. The van der Waals surface area contributed by atoms with E-state index in [2.05, 4.69) is 29.2 Å². The van der Waals surface area contributed by atoms with Gasteiger partial charge in [-0.05, 0) is 50.5 Å². The Morgan fingerprint density at radius 2 is 1.68 bits per heavy atom. The van der Waals surface area contributed by atoms with Crippen molar-refractivity contribution in [1.82, 2.24) is 9.99 Å². The lowest BCUT2D eigenvalue weighted by Crippen LogP contribution is -2.40. The van der Waals surface area contributed by atoms with Crippen molar-refractivity contribution in [1.29, 1.82) is 0 Å². The van der Waals surface area contributed by atoms with E-state index >= 15 is 0 Å². The molecule has 0 saturated heterocycles. The molecule has 10 heteroatoms. The number of amides is 1. The van der Waals surface area contributed by atoms with Crippen molar-refractivity contribution in [3.8, 4) is 11.1 Å². The second kappa shape index (κ2) is 21.3. The molecule has 0 saturated carbocycles. The Balaban J connectivity index is 0. The van der Waals surface area contributed by atoms with E-state index < -0.39 is 18.2 Å². The molecule has 2 aromatic rings. The summed E-state index contributed by atoms with van der Waals surface area (Å²) in [5.74, 6) is 9.17. The average Bonchev–Trinajstić information content (AvgIpc) is 2.92. The van der Waals surface area contributed by atoms with Gasteiger partial charge in [-0.2, -0.15) is 5.10 Å². The van der Waals surface area contributed by atoms with E-state index in [0.717, 1.165) is 29.5 Å². The van der Waals surface area contributed by atoms with Crippen LogP contribution in [0.5, 0.6) is 0 Å². The molecule has 1 aromatic carbocycles. The summed E-state index contributed by atoms with van der Waals surface area (Å²) in [6.07, 6.45) is 8.12. The molecular weight excluding hydrogens is 488 g/mol. The van der Waals surface area contributed by atoms with Crippen LogP contribution < -0.4 is 22.7 Å². The number of hydrogen-bond donors (Lipinski definition) is 4. The maximum absolute atomic E-state index is 13.6. The number of carbonyl (C=O) groups is 1. The molecule has 1 heterocycles. The fraction of sp³-hybridized carbons (Fsp3) is 0.393. The molecule has 1 amide bonds. The molecule has 0 radical (unpaired) electrons. The number of amidine groups is 1. The number of aryl methyl sites for hydroxylation is 1. The first-order valence-corrected chi connectivity index (χ1v) is 12.6. The third-order valence-electron chi connectivity index (χ3n) is 4.61. The van der Waals surface area contributed by atoms with Gasteiger partial charge < -0.3 is 16.9 Å². The summed E-state index contributed by atoms with van der Waals surface area (Å²) in [5, 5.41) is 7.08. The summed E-state index contributed by atoms with van der Waals surface area (Å²) in [6.45, 7) is 14.6. The van der Waals surface area contributed by atoms with Crippen LogP contribution in [-0.4, -0.2) is 28.8 Å². The topological polar surface area (TPSA) is 136 Å². The number of pyridine rings is 1. The number of rotatable bonds is 7. The van der Waals surface area contributed by atoms with Crippen LogP contribution in [0.1, 0.15) is 72.9 Å². The summed E-state index contributed by atoms with van der Waals surface area (Å²) < 4.78 is 26.7. The van der Waals surface area contributed by atoms with E-state index in [1.165, 1.54) is 12.6 Å². The molecule has 0 spiro atoms. The van der Waals surface area contributed by atoms with Crippen LogP contribution >= 0.6 is 0 Å². The minimum Gasteiger partial charge on any atom is -0.383 e. The van der Waals surface area contributed by atoms with Crippen LogP contribution in [0.15, 0.2) is 59.4 Å². The van der Waals surface area contributed by atoms with Gasteiger partial charge in [-0.1, -0.05) is 65.3 Å². The number of nitrogen functional groups attached to an aromatic ring is 1. The molecule has 0 aliphatic carbocycles. The number of benzene rings is 1. The van der Waals surface area contributed by atoms with E-state index in [-0.39, 0.29) is 17.2 Å². The molecule has 7 N–H and O–H groups in total. The third-order valence-corrected chi connectivity index (χ3v) is 4.61. The van der Waals surface area contributed by atoms with Gasteiger partial charge in [-0.15, -0.1) is 0 Å². The van der Waals surface area contributed by atoms with Crippen molar-refractivity contribution in [3.05, 3.63) is 65.4 Å². The first kappa shape index (κ1) is 36.4.